The highest BCUT2D eigenvalue weighted by Gasteiger charge is 2.12. The zero-order chi connectivity index (χ0) is 14.3. The zero-order valence-corrected chi connectivity index (χ0v) is 11.2. The van der Waals surface area contributed by atoms with E-state index in [4.69, 9.17) is 0 Å². The number of rotatable bonds is 2. The molecule has 5 nitrogen and oxygen atoms in total. The summed E-state index contributed by atoms with van der Waals surface area (Å²) in [5.74, 6) is -0.319. The Labute approximate surface area is 114 Å². The Morgan fingerprint density at radius 1 is 1.35 bits per heavy atom. The van der Waals surface area contributed by atoms with E-state index < -0.39 is 0 Å². The van der Waals surface area contributed by atoms with Crippen molar-refractivity contribution in [1.82, 2.24) is 19.3 Å². The van der Waals surface area contributed by atoms with Crippen LogP contribution in [-0.4, -0.2) is 19.3 Å². The maximum atomic E-state index is 13.2. The molecule has 0 aliphatic carbocycles. The van der Waals surface area contributed by atoms with Gasteiger partial charge in [0.25, 0.3) is 5.56 Å². The van der Waals surface area contributed by atoms with Crippen LogP contribution in [0.15, 0.2) is 35.4 Å². The lowest BCUT2D eigenvalue weighted by Crippen LogP contribution is -2.22. The fourth-order valence-corrected chi connectivity index (χ4v) is 2.30. The van der Waals surface area contributed by atoms with E-state index >= 15 is 0 Å². The van der Waals surface area contributed by atoms with Crippen LogP contribution in [-0.2, 0) is 13.6 Å². The number of benzene rings is 1. The number of aromatic nitrogens is 4. The van der Waals surface area contributed by atoms with Gasteiger partial charge in [-0.15, -0.1) is 0 Å². The van der Waals surface area contributed by atoms with E-state index in [0.29, 0.717) is 16.6 Å². The fourth-order valence-electron chi connectivity index (χ4n) is 2.30. The summed E-state index contributed by atoms with van der Waals surface area (Å²) in [5.41, 5.74) is 2.32. The minimum Gasteiger partial charge on any atom is -0.293 e. The number of hydrogen-bond donors (Lipinski definition) is 0. The molecule has 0 saturated carbocycles. The molecule has 0 amide bonds. The fraction of sp³-hybridized carbons (Fsp3) is 0.214. The van der Waals surface area contributed by atoms with Gasteiger partial charge in [0.1, 0.15) is 11.3 Å². The molecule has 6 heteroatoms. The molecule has 2 aromatic heterocycles. The minimum absolute atomic E-state index is 0.178. The third kappa shape index (κ3) is 1.99. The maximum absolute atomic E-state index is 13.2. The van der Waals surface area contributed by atoms with Crippen molar-refractivity contribution < 1.29 is 4.39 Å². The van der Waals surface area contributed by atoms with Crippen LogP contribution in [0.3, 0.4) is 0 Å². The number of fused-ring (bicyclic) bond motifs is 1. The molecule has 0 saturated heterocycles. The highest BCUT2D eigenvalue weighted by molar-refractivity contribution is 5.75. The van der Waals surface area contributed by atoms with E-state index in [1.165, 1.54) is 27.7 Å². The molecule has 0 atom stereocenters. The average Bonchev–Trinajstić information content (AvgIpc) is 2.68. The van der Waals surface area contributed by atoms with Crippen LogP contribution in [0.5, 0.6) is 0 Å². The lowest BCUT2D eigenvalue weighted by molar-refractivity contribution is 0.622. The van der Waals surface area contributed by atoms with Gasteiger partial charge < -0.3 is 0 Å². The van der Waals surface area contributed by atoms with Gasteiger partial charge in [-0.3, -0.25) is 14.0 Å². The van der Waals surface area contributed by atoms with Crippen LogP contribution < -0.4 is 5.56 Å². The number of hydrogen-bond acceptors (Lipinski definition) is 3. The van der Waals surface area contributed by atoms with Gasteiger partial charge in [-0.25, -0.2) is 9.37 Å². The normalized spacial score (nSPS) is 11.2. The molecule has 3 rings (SSSR count). The first kappa shape index (κ1) is 12.5. The molecular weight excluding hydrogens is 259 g/mol. The molecule has 3 aromatic rings. The van der Waals surface area contributed by atoms with Crippen molar-refractivity contribution in [2.24, 2.45) is 7.05 Å². The van der Waals surface area contributed by atoms with Gasteiger partial charge in [-0.1, -0.05) is 12.1 Å². The first-order chi connectivity index (χ1) is 9.56. The molecule has 0 unspecified atom stereocenters. The summed E-state index contributed by atoms with van der Waals surface area (Å²) < 4.78 is 16.2. The molecule has 0 spiro atoms. The van der Waals surface area contributed by atoms with Gasteiger partial charge in [-0.2, -0.15) is 5.10 Å². The van der Waals surface area contributed by atoms with Crippen molar-refractivity contribution in [1.29, 1.82) is 0 Å². The molecule has 0 aliphatic heterocycles. The second-order valence-corrected chi connectivity index (χ2v) is 4.71. The summed E-state index contributed by atoms with van der Waals surface area (Å²) in [7, 11) is 1.71. The topological polar surface area (TPSA) is 52.7 Å². The number of aryl methyl sites for hydroxylation is 2. The Morgan fingerprint density at radius 3 is 2.90 bits per heavy atom. The standard InChI is InChI=1S/C14H13FN4O/c1-9-12-13(18(2)17-9)14(20)19(8-16-12)7-10-4-3-5-11(15)6-10/h3-6,8H,7H2,1-2H3. The van der Waals surface area contributed by atoms with Crippen LogP contribution >= 0.6 is 0 Å². The van der Waals surface area contributed by atoms with Crippen LogP contribution in [0.25, 0.3) is 11.0 Å². The van der Waals surface area contributed by atoms with E-state index in [-0.39, 0.29) is 17.9 Å². The Balaban J connectivity index is 2.11. The first-order valence-electron chi connectivity index (χ1n) is 6.19. The highest BCUT2D eigenvalue weighted by atomic mass is 19.1. The van der Waals surface area contributed by atoms with E-state index in [0.717, 1.165) is 5.69 Å². The Morgan fingerprint density at radius 2 is 2.15 bits per heavy atom. The molecule has 0 aliphatic rings. The molecule has 20 heavy (non-hydrogen) atoms. The van der Waals surface area contributed by atoms with Gasteiger partial charge in [0.05, 0.1) is 18.6 Å². The predicted molar refractivity (Wildman–Crippen MR) is 73.0 cm³/mol. The average molecular weight is 272 g/mol. The predicted octanol–water partition coefficient (Wildman–Crippen LogP) is 1.63. The zero-order valence-electron chi connectivity index (χ0n) is 11.2. The van der Waals surface area contributed by atoms with Crippen molar-refractivity contribution in [2.45, 2.75) is 13.5 Å². The van der Waals surface area contributed by atoms with E-state index in [2.05, 4.69) is 10.1 Å². The van der Waals surface area contributed by atoms with Crippen LogP contribution in [0.2, 0.25) is 0 Å². The summed E-state index contributed by atoms with van der Waals surface area (Å²) in [4.78, 5) is 16.7. The largest absolute Gasteiger partial charge is 0.293 e. The summed E-state index contributed by atoms with van der Waals surface area (Å²) in [6, 6.07) is 6.17. The van der Waals surface area contributed by atoms with Gasteiger partial charge in [-0.05, 0) is 24.6 Å². The molecule has 1 aromatic carbocycles. The number of nitrogens with zero attached hydrogens (tertiary/aromatic N) is 4. The second-order valence-electron chi connectivity index (χ2n) is 4.71. The molecule has 0 N–H and O–H groups in total. The highest BCUT2D eigenvalue weighted by Crippen LogP contribution is 2.10. The molecule has 0 fully saturated rings. The quantitative estimate of drug-likeness (QED) is 0.712. The van der Waals surface area contributed by atoms with Gasteiger partial charge in [0, 0.05) is 7.05 Å². The molecule has 0 bridgehead atoms. The van der Waals surface area contributed by atoms with Crippen molar-refractivity contribution in [3.8, 4) is 0 Å². The number of halogens is 1. The Kier molecular flexibility index (Phi) is 2.85. The van der Waals surface area contributed by atoms with Crippen LogP contribution in [0, 0.1) is 12.7 Å². The summed E-state index contributed by atoms with van der Waals surface area (Å²) >= 11 is 0. The second kappa shape index (κ2) is 4.56. The molecule has 102 valence electrons. The molecular formula is C14H13FN4O. The van der Waals surface area contributed by atoms with E-state index in [1.807, 2.05) is 6.92 Å². The van der Waals surface area contributed by atoms with Gasteiger partial charge in [0.2, 0.25) is 0 Å². The van der Waals surface area contributed by atoms with E-state index in [1.54, 1.807) is 19.2 Å². The summed E-state index contributed by atoms with van der Waals surface area (Å²) in [6.07, 6.45) is 1.48. The Bertz CT molecular complexity index is 850. The smallest absolute Gasteiger partial charge is 0.279 e. The third-order valence-electron chi connectivity index (χ3n) is 3.22. The van der Waals surface area contributed by atoms with Crippen molar-refractivity contribution in [3.05, 3.63) is 58.0 Å². The first-order valence-corrected chi connectivity index (χ1v) is 6.19. The van der Waals surface area contributed by atoms with Crippen molar-refractivity contribution in [2.75, 3.05) is 0 Å². The third-order valence-corrected chi connectivity index (χ3v) is 3.22. The molecule has 0 radical (unpaired) electrons. The van der Waals surface area contributed by atoms with Crippen LogP contribution in [0.4, 0.5) is 4.39 Å². The lowest BCUT2D eigenvalue weighted by Gasteiger charge is -2.06. The van der Waals surface area contributed by atoms with Gasteiger partial charge in [0.15, 0.2) is 5.52 Å². The summed E-state index contributed by atoms with van der Waals surface area (Å²) in [6.45, 7) is 2.09. The lowest BCUT2D eigenvalue weighted by atomic mass is 10.2. The van der Waals surface area contributed by atoms with Crippen LogP contribution in [0.1, 0.15) is 11.3 Å². The minimum atomic E-state index is -0.319. The van der Waals surface area contributed by atoms with Crippen molar-refractivity contribution in [3.63, 3.8) is 0 Å². The van der Waals surface area contributed by atoms with Crippen molar-refractivity contribution >= 4 is 11.0 Å². The monoisotopic (exact) mass is 272 g/mol. The maximum Gasteiger partial charge on any atom is 0.279 e. The summed E-state index contributed by atoms with van der Waals surface area (Å²) in [5, 5.41) is 4.19. The van der Waals surface area contributed by atoms with E-state index in [9.17, 15) is 9.18 Å². The SMILES string of the molecule is Cc1nn(C)c2c(=O)n(Cc3cccc(F)c3)cnc12. The van der Waals surface area contributed by atoms with Gasteiger partial charge >= 0.3 is 0 Å². The Hall–Kier alpha value is -2.50. The molecule has 2 heterocycles.